The zero-order chi connectivity index (χ0) is 30.9. The van der Waals surface area contributed by atoms with Gasteiger partial charge in [-0.25, -0.2) is 0 Å². The Morgan fingerprint density at radius 3 is 2.40 bits per heavy atom. The van der Waals surface area contributed by atoms with Crippen molar-refractivity contribution in [1.82, 2.24) is 15.1 Å². The highest BCUT2D eigenvalue weighted by Gasteiger charge is 2.72. The molecule has 0 radical (unpaired) electrons. The maximum atomic E-state index is 14.3. The molecule has 5 rings (SSSR count). The lowest BCUT2D eigenvalue weighted by molar-refractivity contribution is -0.141. The van der Waals surface area contributed by atoms with Crippen molar-refractivity contribution < 1.29 is 19.1 Å². The Labute approximate surface area is 258 Å². The number of nitrogens with zero attached hydrogens (tertiary/aromatic N) is 2. The summed E-state index contributed by atoms with van der Waals surface area (Å²) < 4.78 is 6.57. The van der Waals surface area contributed by atoms with Gasteiger partial charge in [-0.15, -0.1) is 0 Å². The van der Waals surface area contributed by atoms with E-state index in [9.17, 15) is 14.4 Å². The fraction of sp³-hybridized carbons (Fsp3) is 0.686. The Balaban J connectivity index is 1.41. The quantitative estimate of drug-likeness (QED) is 0.335. The number of carbonyl (C=O) groups is 3. The largest absolute Gasteiger partial charge is 0.359 e. The van der Waals surface area contributed by atoms with Gasteiger partial charge in [0.15, 0.2) is 0 Å². The van der Waals surface area contributed by atoms with Gasteiger partial charge in [0.2, 0.25) is 17.7 Å². The molecule has 1 aliphatic carbocycles. The average molecular weight is 593 g/mol. The molecule has 2 bridgehead atoms. The summed E-state index contributed by atoms with van der Waals surface area (Å²) in [5.41, 5.74) is 0.751. The normalized spacial score (nSPS) is 33.0. The number of ether oxygens (including phenoxy) is 1. The standard InChI is InChI=1S/C35H52N4O4/c1-7-18-38(19-8-2)20-21-39-31(33(41)37-27-11-9-10-23(5)24(27)6)35-17-16-28(43-35)29(30(35)34(39)42)32(40)36-26-14-12-25(13-15-26)22(3)4/h12-17,22-24,27-31H,7-11,18-21H2,1-6H3,(H,36,40)(H,37,41)/t23-,24-,27+,28+,29+,30+,31-,35-/m0/s1. The summed E-state index contributed by atoms with van der Waals surface area (Å²) in [6, 6.07) is 7.13. The van der Waals surface area contributed by atoms with Crippen LogP contribution < -0.4 is 10.6 Å². The molecule has 236 valence electrons. The Hall–Kier alpha value is -2.71. The Bertz CT molecular complexity index is 1190. The molecule has 8 heteroatoms. The Morgan fingerprint density at radius 2 is 1.74 bits per heavy atom. The van der Waals surface area contributed by atoms with E-state index in [1.807, 2.05) is 36.4 Å². The monoisotopic (exact) mass is 592 g/mol. The predicted molar refractivity (Wildman–Crippen MR) is 170 cm³/mol. The minimum Gasteiger partial charge on any atom is -0.359 e. The molecule has 3 amide bonds. The maximum Gasteiger partial charge on any atom is 0.246 e. The number of amides is 3. The van der Waals surface area contributed by atoms with Gasteiger partial charge < -0.3 is 25.2 Å². The molecule has 8 atom stereocenters. The van der Waals surface area contributed by atoms with Crippen molar-refractivity contribution in [2.75, 3.05) is 31.5 Å². The molecule has 1 spiro atoms. The third-order valence-electron chi connectivity index (χ3n) is 10.5. The van der Waals surface area contributed by atoms with E-state index >= 15 is 0 Å². The van der Waals surface area contributed by atoms with Crippen molar-refractivity contribution in [3.05, 3.63) is 42.0 Å². The maximum absolute atomic E-state index is 14.3. The molecule has 0 aromatic heterocycles. The lowest BCUT2D eigenvalue weighted by Crippen LogP contribution is -2.58. The summed E-state index contributed by atoms with van der Waals surface area (Å²) in [6.07, 6.45) is 8.51. The van der Waals surface area contributed by atoms with Gasteiger partial charge in [0.05, 0.1) is 17.9 Å². The van der Waals surface area contributed by atoms with E-state index in [1.165, 1.54) is 12.0 Å². The number of rotatable bonds is 12. The van der Waals surface area contributed by atoms with Crippen LogP contribution in [0.25, 0.3) is 0 Å². The van der Waals surface area contributed by atoms with Crippen LogP contribution in [0, 0.1) is 23.7 Å². The first-order valence-electron chi connectivity index (χ1n) is 16.7. The number of benzene rings is 1. The molecular formula is C35H52N4O4. The van der Waals surface area contributed by atoms with Crippen molar-refractivity contribution in [2.45, 2.75) is 103 Å². The van der Waals surface area contributed by atoms with E-state index in [2.05, 4.69) is 57.1 Å². The van der Waals surface area contributed by atoms with Crippen molar-refractivity contribution in [3.63, 3.8) is 0 Å². The number of anilines is 1. The second-order valence-corrected chi connectivity index (χ2v) is 13.7. The fourth-order valence-electron chi connectivity index (χ4n) is 7.95. The second-order valence-electron chi connectivity index (χ2n) is 13.7. The SMILES string of the molecule is CCCN(CCC)CCN1C(=O)[C@H]2[C@H](C(=O)Nc3ccc(C(C)C)cc3)[C@H]3C=C[C@@]2(O3)[C@@H]1C(=O)N[C@@H]1CCC[C@H](C)[C@@H]1C. The molecule has 3 aliphatic heterocycles. The van der Waals surface area contributed by atoms with Gasteiger partial charge in [-0.05, 0) is 67.8 Å². The minimum atomic E-state index is -1.14. The number of hydrogen-bond acceptors (Lipinski definition) is 5. The summed E-state index contributed by atoms with van der Waals surface area (Å²) >= 11 is 0. The molecule has 43 heavy (non-hydrogen) atoms. The van der Waals surface area contributed by atoms with Crippen LogP contribution in [0.2, 0.25) is 0 Å². The van der Waals surface area contributed by atoms with Crippen molar-refractivity contribution in [3.8, 4) is 0 Å². The number of nitrogens with one attached hydrogen (secondary N) is 2. The van der Waals surface area contributed by atoms with Crippen molar-refractivity contribution in [2.24, 2.45) is 23.7 Å². The van der Waals surface area contributed by atoms with Crippen LogP contribution in [-0.2, 0) is 19.1 Å². The molecule has 0 unspecified atom stereocenters. The second kappa shape index (κ2) is 13.1. The first kappa shape index (κ1) is 31.7. The van der Waals surface area contributed by atoms with Gasteiger partial charge in [-0.2, -0.15) is 0 Å². The first-order valence-corrected chi connectivity index (χ1v) is 16.7. The van der Waals surface area contributed by atoms with Crippen LogP contribution in [-0.4, -0.2) is 77.5 Å². The van der Waals surface area contributed by atoms with E-state index in [4.69, 9.17) is 4.74 Å². The zero-order valence-electron chi connectivity index (χ0n) is 27.0. The molecule has 3 heterocycles. The molecule has 1 aromatic rings. The topological polar surface area (TPSA) is 91.0 Å². The third-order valence-corrected chi connectivity index (χ3v) is 10.5. The van der Waals surface area contributed by atoms with Gasteiger partial charge in [0.1, 0.15) is 11.6 Å². The predicted octanol–water partition coefficient (Wildman–Crippen LogP) is 4.96. The van der Waals surface area contributed by atoms with Gasteiger partial charge in [0, 0.05) is 24.8 Å². The summed E-state index contributed by atoms with van der Waals surface area (Å²) in [5, 5.41) is 6.41. The van der Waals surface area contributed by atoms with Crippen LogP contribution in [0.5, 0.6) is 0 Å². The Kier molecular flexibility index (Phi) is 9.67. The fourth-order valence-corrected chi connectivity index (χ4v) is 7.95. The Morgan fingerprint density at radius 1 is 1.05 bits per heavy atom. The van der Waals surface area contributed by atoms with Crippen LogP contribution in [0.1, 0.15) is 85.1 Å². The van der Waals surface area contributed by atoms with Gasteiger partial charge >= 0.3 is 0 Å². The number of likely N-dealkylation sites (tertiary alicyclic amines) is 1. The van der Waals surface area contributed by atoms with E-state index in [0.717, 1.165) is 38.8 Å². The van der Waals surface area contributed by atoms with Gasteiger partial charge in [-0.3, -0.25) is 14.4 Å². The molecule has 3 fully saturated rings. The molecule has 2 N–H and O–H groups in total. The molecule has 4 aliphatic rings. The van der Waals surface area contributed by atoms with Crippen molar-refractivity contribution >= 4 is 23.4 Å². The minimum absolute atomic E-state index is 0.0656. The summed E-state index contributed by atoms with van der Waals surface area (Å²) in [5.74, 6) is -0.691. The summed E-state index contributed by atoms with van der Waals surface area (Å²) in [7, 11) is 0. The molecule has 8 nitrogen and oxygen atoms in total. The summed E-state index contributed by atoms with van der Waals surface area (Å²) in [4.78, 5) is 46.5. The van der Waals surface area contributed by atoms with E-state index < -0.39 is 29.6 Å². The molecular weight excluding hydrogens is 540 g/mol. The van der Waals surface area contributed by atoms with Gasteiger partial charge in [-0.1, -0.05) is 78.7 Å². The highest BCUT2D eigenvalue weighted by molar-refractivity contribution is 6.02. The van der Waals surface area contributed by atoms with E-state index in [1.54, 1.807) is 4.90 Å². The summed E-state index contributed by atoms with van der Waals surface area (Å²) in [6.45, 7) is 16.1. The molecule has 1 aromatic carbocycles. The number of hydrogen-bond donors (Lipinski definition) is 2. The van der Waals surface area contributed by atoms with Gasteiger partial charge in [0.25, 0.3) is 0 Å². The highest BCUT2D eigenvalue weighted by Crippen LogP contribution is 2.55. The lowest BCUT2D eigenvalue weighted by Gasteiger charge is -2.38. The average Bonchev–Trinajstić information content (AvgIpc) is 3.62. The van der Waals surface area contributed by atoms with E-state index in [-0.39, 0.29) is 23.8 Å². The van der Waals surface area contributed by atoms with Crippen LogP contribution in [0.4, 0.5) is 5.69 Å². The van der Waals surface area contributed by atoms with Crippen molar-refractivity contribution in [1.29, 1.82) is 0 Å². The highest BCUT2D eigenvalue weighted by atomic mass is 16.5. The van der Waals surface area contributed by atoms with E-state index in [0.29, 0.717) is 36.5 Å². The zero-order valence-corrected chi connectivity index (χ0v) is 27.0. The molecule has 2 saturated heterocycles. The van der Waals surface area contributed by atoms with Crippen LogP contribution in [0.3, 0.4) is 0 Å². The smallest absolute Gasteiger partial charge is 0.246 e. The number of fused-ring (bicyclic) bond motifs is 1. The third kappa shape index (κ3) is 6.02. The molecule has 1 saturated carbocycles. The number of carbonyl (C=O) groups excluding carboxylic acids is 3. The van der Waals surface area contributed by atoms with Crippen LogP contribution in [0.15, 0.2) is 36.4 Å². The lowest BCUT2D eigenvalue weighted by atomic mass is 9.73. The van der Waals surface area contributed by atoms with Crippen LogP contribution >= 0.6 is 0 Å². The first-order chi connectivity index (χ1) is 20.6.